The number of amides is 2. The van der Waals surface area contributed by atoms with E-state index in [1.165, 1.54) is 6.26 Å². The third-order valence-corrected chi connectivity index (χ3v) is 5.64. The average molecular weight is 483 g/mol. The lowest BCUT2D eigenvalue weighted by Gasteiger charge is -2.28. The fourth-order valence-corrected chi connectivity index (χ4v) is 3.93. The van der Waals surface area contributed by atoms with Crippen LogP contribution in [-0.2, 0) is 9.47 Å². The van der Waals surface area contributed by atoms with E-state index in [0.717, 1.165) is 12.8 Å². The molecule has 0 spiro atoms. The van der Waals surface area contributed by atoms with Crippen molar-refractivity contribution in [3.8, 4) is 23.1 Å². The number of carbonyl (C=O) groups is 2. The molecule has 1 saturated carbocycles. The molecule has 186 valence electrons. The van der Waals surface area contributed by atoms with Crippen molar-refractivity contribution in [1.82, 2.24) is 15.2 Å². The largest absolute Gasteiger partial charge is 0.490 e. The molecule has 1 saturated heterocycles. The first-order valence-corrected chi connectivity index (χ1v) is 11.6. The highest BCUT2D eigenvalue weighted by atomic mass is 16.6. The number of methoxy groups -OCH3 is 1. The Balaban J connectivity index is 1.46. The highest BCUT2D eigenvalue weighted by Crippen LogP contribution is 2.35. The number of ether oxygens (including phenoxy) is 3. The molecule has 0 unspecified atom stereocenters. The number of oxazole rings is 1. The van der Waals surface area contributed by atoms with Crippen molar-refractivity contribution < 1.29 is 28.2 Å². The van der Waals surface area contributed by atoms with Gasteiger partial charge in [-0.3, -0.25) is 4.79 Å². The van der Waals surface area contributed by atoms with Gasteiger partial charge < -0.3 is 28.8 Å². The molecule has 1 aliphatic heterocycles. The molecule has 35 heavy (non-hydrogen) atoms. The van der Waals surface area contributed by atoms with Crippen molar-refractivity contribution in [2.24, 2.45) is 0 Å². The van der Waals surface area contributed by atoms with E-state index >= 15 is 0 Å². The Bertz CT molecular complexity index is 1130. The fraction of sp³-hybridized carbons (Fsp3) is 0.520. The molecule has 2 aromatic rings. The van der Waals surface area contributed by atoms with Gasteiger partial charge in [-0.05, 0) is 58.2 Å². The summed E-state index contributed by atoms with van der Waals surface area (Å²) in [4.78, 5) is 31.5. The number of hydrogen-bond acceptors (Lipinski definition) is 8. The number of likely N-dealkylation sites (tertiary alicyclic amines) is 1. The maximum absolute atomic E-state index is 12.9. The summed E-state index contributed by atoms with van der Waals surface area (Å²) in [6, 6.07) is 6.65. The molecule has 1 aromatic carbocycles. The zero-order valence-electron chi connectivity index (χ0n) is 20.4. The summed E-state index contributed by atoms with van der Waals surface area (Å²) in [6.07, 6.45) is 3.56. The summed E-state index contributed by atoms with van der Waals surface area (Å²) in [5, 5.41) is 12.2. The van der Waals surface area contributed by atoms with Crippen LogP contribution >= 0.6 is 0 Å². The third-order valence-electron chi connectivity index (χ3n) is 5.64. The van der Waals surface area contributed by atoms with Crippen molar-refractivity contribution in [2.45, 2.75) is 63.8 Å². The zero-order chi connectivity index (χ0) is 25.2. The molecule has 10 nitrogen and oxygen atoms in total. The number of rotatable bonds is 7. The molecule has 4 rings (SSSR count). The molecule has 2 aliphatic rings. The second-order valence-corrected chi connectivity index (χ2v) is 9.83. The van der Waals surface area contributed by atoms with Crippen LogP contribution in [0.4, 0.5) is 4.79 Å². The summed E-state index contributed by atoms with van der Waals surface area (Å²) in [5.41, 5.74) is 0.822. The quantitative estimate of drug-likeness (QED) is 0.635. The summed E-state index contributed by atoms with van der Waals surface area (Å²) in [7, 11) is 1.57. The summed E-state index contributed by atoms with van der Waals surface area (Å²) < 4.78 is 22.2. The van der Waals surface area contributed by atoms with Gasteiger partial charge in [0.05, 0.1) is 30.4 Å². The second-order valence-electron chi connectivity index (χ2n) is 9.83. The fourth-order valence-electron chi connectivity index (χ4n) is 3.93. The summed E-state index contributed by atoms with van der Waals surface area (Å²) >= 11 is 0. The molecule has 0 bridgehead atoms. The minimum absolute atomic E-state index is 0.112. The first-order chi connectivity index (χ1) is 16.7. The highest BCUT2D eigenvalue weighted by molar-refractivity contribution is 5.90. The molecular formula is C25H30N4O6. The molecule has 0 radical (unpaired) electrons. The van der Waals surface area contributed by atoms with Gasteiger partial charge in [0.15, 0.2) is 0 Å². The van der Waals surface area contributed by atoms with Gasteiger partial charge in [0.2, 0.25) is 0 Å². The highest BCUT2D eigenvalue weighted by Gasteiger charge is 2.38. The Morgan fingerprint density at radius 2 is 2.09 bits per heavy atom. The number of nitrogens with one attached hydrogen (secondary N) is 1. The van der Waals surface area contributed by atoms with Crippen LogP contribution in [0.5, 0.6) is 5.75 Å². The molecular weight excluding hydrogens is 452 g/mol. The van der Waals surface area contributed by atoms with E-state index in [-0.39, 0.29) is 30.6 Å². The third kappa shape index (κ3) is 6.11. The Morgan fingerprint density at radius 3 is 2.74 bits per heavy atom. The molecule has 1 aromatic heterocycles. The number of nitrogens with zero attached hydrogens (tertiary/aromatic N) is 3. The van der Waals surface area contributed by atoms with Crippen LogP contribution in [0.3, 0.4) is 0 Å². The van der Waals surface area contributed by atoms with Gasteiger partial charge in [0, 0.05) is 25.3 Å². The number of aromatic nitrogens is 1. The molecule has 1 aliphatic carbocycles. The van der Waals surface area contributed by atoms with Gasteiger partial charge in [-0.1, -0.05) is 0 Å². The number of hydrogen-bond donors (Lipinski definition) is 1. The van der Waals surface area contributed by atoms with Crippen LogP contribution in [0.15, 0.2) is 28.9 Å². The van der Waals surface area contributed by atoms with E-state index in [1.807, 2.05) is 0 Å². The van der Waals surface area contributed by atoms with Crippen molar-refractivity contribution in [1.29, 1.82) is 5.26 Å². The van der Waals surface area contributed by atoms with E-state index in [2.05, 4.69) is 16.4 Å². The Kier molecular flexibility index (Phi) is 6.98. The van der Waals surface area contributed by atoms with E-state index < -0.39 is 17.6 Å². The van der Waals surface area contributed by atoms with E-state index in [4.69, 9.17) is 18.6 Å². The van der Waals surface area contributed by atoms with Crippen molar-refractivity contribution >= 4 is 12.0 Å². The lowest BCUT2D eigenvalue weighted by atomic mass is 10.1. The van der Waals surface area contributed by atoms with E-state index in [9.17, 15) is 14.9 Å². The lowest BCUT2D eigenvalue weighted by Crippen LogP contribution is -2.43. The van der Waals surface area contributed by atoms with E-state index in [1.54, 1.807) is 51.0 Å². The molecule has 10 heteroatoms. The van der Waals surface area contributed by atoms with Gasteiger partial charge >= 0.3 is 12.0 Å². The van der Waals surface area contributed by atoms with Crippen LogP contribution in [0.25, 0.3) is 11.3 Å². The zero-order valence-corrected chi connectivity index (χ0v) is 20.4. The Labute approximate surface area is 204 Å². The van der Waals surface area contributed by atoms with Gasteiger partial charge in [0.1, 0.15) is 23.3 Å². The Hall–Kier alpha value is -3.58. The molecule has 2 atom stereocenters. The van der Waals surface area contributed by atoms with Crippen LogP contribution in [0.1, 0.15) is 56.3 Å². The predicted octanol–water partition coefficient (Wildman–Crippen LogP) is 3.51. The van der Waals surface area contributed by atoms with Crippen molar-refractivity contribution in [3.63, 3.8) is 0 Å². The summed E-state index contributed by atoms with van der Waals surface area (Å²) in [5.74, 6) is -0.0127. The SMILES string of the molecule is COC[C@@H]1C[C@@H](NC(=O)c2nc(-c3cc(C#N)ccc3OC3CC3)co2)CN1C(=O)OC(C)(C)C. The average Bonchev–Trinajstić information content (AvgIpc) is 3.31. The molecule has 1 N–H and O–H groups in total. The van der Waals surface area contributed by atoms with Gasteiger partial charge in [0.25, 0.3) is 5.89 Å². The van der Waals surface area contributed by atoms with Gasteiger partial charge in [-0.15, -0.1) is 0 Å². The predicted molar refractivity (Wildman–Crippen MR) is 125 cm³/mol. The number of carbonyl (C=O) groups excluding carboxylic acids is 2. The lowest BCUT2D eigenvalue weighted by molar-refractivity contribution is 0.0146. The van der Waals surface area contributed by atoms with Crippen LogP contribution in [-0.4, -0.2) is 65.9 Å². The van der Waals surface area contributed by atoms with Crippen molar-refractivity contribution in [3.05, 3.63) is 35.9 Å². The van der Waals surface area contributed by atoms with Crippen LogP contribution in [0.2, 0.25) is 0 Å². The smallest absolute Gasteiger partial charge is 0.410 e. The minimum Gasteiger partial charge on any atom is -0.490 e. The number of nitriles is 1. The summed E-state index contributed by atoms with van der Waals surface area (Å²) in [6.45, 7) is 6.02. The van der Waals surface area contributed by atoms with Gasteiger partial charge in [-0.2, -0.15) is 5.26 Å². The monoisotopic (exact) mass is 482 g/mol. The maximum atomic E-state index is 12.9. The normalized spacial score (nSPS) is 19.8. The number of benzene rings is 1. The Morgan fingerprint density at radius 1 is 1.31 bits per heavy atom. The first kappa shape index (κ1) is 24.5. The molecule has 2 amide bonds. The van der Waals surface area contributed by atoms with E-state index in [0.29, 0.717) is 35.6 Å². The van der Waals surface area contributed by atoms with Crippen LogP contribution < -0.4 is 10.1 Å². The standard InChI is InChI=1S/C25H30N4O6/c1-25(2,3)35-24(31)29-12-16(10-17(29)13-32-4)27-22(30)23-28-20(14-33-23)19-9-15(11-26)5-8-21(19)34-18-6-7-18/h5,8-9,14,16-18H,6-7,10,12-13H2,1-4H3,(H,27,30)/t16-,17+/m1/s1. The van der Waals surface area contributed by atoms with Crippen LogP contribution in [0, 0.1) is 11.3 Å². The first-order valence-electron chi connectivity index (χ1n) is 11.6. The maximum Gasteiger partial charge on any atom is 0.410 e. The molecule has 2 heterocycles. The topological polar surface area (TPSA) is 127 Å². The van der Waals surface area contributed by atoms with Gasteiger partial charge in [-0.25, -0.2) is 9.78 Å². The second kappa shape index (κ2) is 9.96. The molecule has 2 fully saturated rings. The minimum atomic E-state index is -0.630. The van der Waals surface area contributed by atoms with Crippen molar-refractivity contribution in [2.75, 3.05) is 20.3 Å².